The Kier molecular flexibility index (Phi) is 5.39. The normalized spacial score (nSPS) is 15.5. The van der Waals surface area contributed by atoms with Gasteiger partial charge in [0.1, 0.15) is 11.5 Å². The maximum atomic E-state index is 13.0. The van der Waals surface area contributed by atoms with E-state index in [1.165, 1.54) is 6.08 Å². The Bertz CT molecular complexity index is 1140. The van der Waals surface area contributed by atoms with E-state index in [1.807, 2.05) is 54.6 Å². The second-order valence-electron chi connectivity index (χ2n) is 6.94. The van der Waals surface area contributed by atoms with Crippen LogP contribution in [0.5, 0.6) is 11.5 Å². The number of hydrogen-bond donors (Lipinski definition) is 1. The first-order valence-corrected chi connectivity index (χ1v) is 9.63. The maximum Gasteiger partial charge on any atom is 0.262 e. The molecule has 1 heterocycles. The number of nitrogens with zero attached hydrogens (tertiary/aromatic N) is 1. The van der Waals surface area contributed by atoms with Gasteiger partial charge in [0.2, 0.25) is 0 Å². The molecule has 152 valence electrons. The highest BCUT2D eigenvalue weighted by Gasteiger charge is 2.32. The SMILES string of the molecule is CNC(=O)[C@H]1CN(C(=O)/C=C/c2ccc3cc(OC)ccc3c2)c2ccccc2O1. The zero-order chi connectivity index (χ0) is 21.1. The molecule has 0 spiro atoms. The highest BCUT2D eigenvalue weighted by Crippen LogP contribution is 2.33. The van der Waals surface area contributed by atoms with Crippen LogP contribution >= 0.6 is 0 Å². The minimum absolute atomic E-state index is 0.150. The van der Waals surface area contributed by atoms with Crippen LogP contribution in [0.15, 0.2) is 66.7 Å². The molecule has 0 fully saturated rings. The Morgan fingerprint density at radius 2 is 1.87 bits per heavy atom. The first kappa shape index (κ1) is 19.5. The van der Waals surface area contributed by atoms with Crippen molar-refractivity contribution in [3.63, 3.8) is 0 Å². The molecule has 0 saturated carbocycles. The predicted molar refractivity (Wildman–Crippen MR) is 117 cm³/mol. The van der Waals surface area contributed by atoms with Crippen LogP contribution in [0.1, 0.15) is 5.56 Å². The summed E-state index contributed by atoms with van der Waals surface area (Å²) in [5.74, 6) is 0.835. The minimum Gasteiger partial charge on any atom is -0.497 e. The number of hydrogen-bond acceptors (Lipinski definition) is 4. The molecule has 0 aliphatic carbocycles. The first-order chi connectivity index (χ1) is 14.6. The van der Waals surface area contributed by atoms with E-state index in [0.717, 1.165) is 22.1 Å². The Hall–Kier alpha value is -3.80. The zero-order valence-electron chi connectivity index (χ0n) is 16.8. The molecule has 6 heteroatoms. The fourth-order valence-electron chi connectivity index (χ4n) is 3.47. The number of nitrogens with one attached hydrogen (secondary N) is 1. The van der Waals surface area contributed by atoms with E-state index < -0.39 is 6.10 Å². The smallest absolute Gasteiger partial charge is 0.262 e. The highest BCUT2D eigenvalue weighted by molar-refractivity contribution is 6.06. The van der Waals surface area contributed by atoms with Crippen LogP contribution in [0.25, 0.3) is 16.8 Å². The van der Waals surface area contributed by atoms with E-state index in [4.69, 9.17) is 9.47 Å². The molecule has 0 aromatic heterocycles. The predicted octanol–water partition coefficient (Wildman–Crippen LogP) is 3.40. The summed E-state index contributed by atoms with van der Waals surface area (Å²) in [4.78, 5) is 26.6. The molecule has 2 amide bonds. The number of carbonyl (C=O) groups excluding carboxylic acids is 2. The summed E-state index contributed by atoms with van der Waals surface area (Å²) in [5, 5.41) is 4.70. The lowest BCUT2D eigenvalue weighted by atomic mass is 10.1. The summed E-state index contributed by atoms with van der Waals surface area (Å²) in [6.45, 7) is 0.150. The van der Waals surface area contributed by atoms with Crippen LogP contribution < -0.4 is 19.7 Å². The molecule has 3 aromatic rings. The van der Waals surface area contributed by atoms with Crippen molar-refractivity contribution in [3.8, 4) is 11.5 Å². The summed E-state index contributed by atoms with van der Waals surface area (Å²) >= 11 is 0. The Labute approximate surface area is 174 Å². The topological polar surface area (TPSA) is 67.9 Å². The molecule has 1 aliphatic rings. The van der Waals surface area contributed by atoms with Gasteiger partial charge in [-0.25, -0.2) is 0 Å². The second-order valence-corrected chi connectivity index (χ2v) is 6.94. The lowest BCUT2D eigenvalue weighted by Gasteiger charge is -2.33. The summed E-state index contributed by atoms with van der Waals surface area (Å²) in [5.41, 5.74) is 1.56. The Balaban J connectivity index is 1.58. The molecule has 0 radical (unpaired) electrons. The van der Waals surface area contributed by atoms with Crippen molar-refractivity contribution in [2.75, 3.05) is 25.6 Å². The minimum atomic E-state index is -0.752. The molecule has 6 nitrogen and oxygen atoms in total. The van der Waals surface area contributed by atoms with Gasteiger partial charge in [-0.3, -0.25) is 9.59 Å². The van der Waals surface area contributed by atoms with Crippen molar-refractivity contribution in [1.29, 1.82) is 0 Å². The number of ether oxygens (including phenoxy) is 2. The molecule has 0 bridgehead atoms. The Morgan fingerprint density at radius 1 is 1.10 bits per heavy atom. The molecule has 3 aromatic carbocycles. The average molecular weight is 402 g/mol. The standard InChI is InChI=1S/C24H22N2O4/c1-25-24(28)22-15-26(20-5-3-4-6-21(20)30-22)23(27)12-8-16-7-9-18-14-19(29-2)11-10-17(18)13-16/h3-14,22H,15H2,1-2H3,(H,25,28)/b12-8+/t22-/m1/s1. The number of likely N-dealkylation sites (N-methyl/N-ethyl adjacent to an activating group) is 1. The summed E-state index contributed by atoms with van der Waals surface area (Å²) in [6, 6.07) is 19.0. The van der Waals surface area contributed by atoms with Gasteiger partial charge in [0.25, 0.3) is 11.8 Å². The van der Waals surface area contributed by atoms with Crippen molar-refractivity contribution in [3.05, 3.63) is 72.3 Å². The lowest BCUT2D eigenvalue weighted by Crippen LogP contribution is -2.49. The average Bonchev–Trinajstić information content (AvgIpc) is 2.80. The summed E-state index contributed by atoms with van der Waals surface area (Å²) < 4.78 is 11.0. The largest absolute Gasteiger partial charge is 0.497 e. The molecule has 0 saturated heterocycles. The number of rotatable bonds is 4. The lowest BCUT2D eigenvalue weighted by molar-refractivity contribution is -0.127. The number of carbonyl (C=O) groups is 2. The van der Waals surface area contributed by atoms with Gasteiger partial charge in [-0.05, 0) is 52.7 Å². The molecule has 1 atom stereocenters. The third-order valence-corrected chi connectivity index (χ3v) is 5.07. The molecule has 1 aliphatic heterocycles. The van der Waals surface area contributed by atoms with E-state index in [-0.39, 0.29) is 18.4 Å². The number of anilines is 1. The molecule has 1 N–H and O–H groups in total. The number of para-hydroxylation sites is 2. The fraction of sp³-hybridized carbons (Fsp3) is 0.167. The number of benzene rings is 3. The van der Waals surface area contributed by atoms with Gasteiger partial charge in [-0.15, -0.1) is 0 Å². The van der Waals surface area contributed by atoms with Gasteiger partial charge in [-0.2, -0.15) is 0 Å². The fourth-order valence-corrected chi connectivity index (χ4v) is 3.47. The van der Waals surface area contributed by atoms with Gasteiger partial charge in [0.15, 0.2) is 6.10 Å². The van der Waals surface area contributed by atoms with E-state index in [1.54, 1.807) is 31.2 Å². The number of amides is 2. The summed E-state index contributed by atoms with van der Waals surface area (Å²) in [7, 11) is 3.19. The van der Waals surface area contributed by atoms with Crippen molar-refractivity contribution in [1.82, 2.24) is 5.32 Å². The van der Waals surface area contributed by atoms with Crippen LogP contribution in [-0.2, 0) is 9.59 Å². The van der Waals surface area contributed by atoms with Crippen LogP contribution in [0.4, 0.5) is 5.69 Å². The first-order valence-electron chi connectivity index (χ1n) is 9.63. The van der Waals surface area contributed by atoms with E-state index in [9.17, 15) is 9.59 Å². The Morgan fingerprint density at radius 3 is 2.67 bits per heavy atom. The third kappa shape index (κ3) is 3.85. The van der Waals surface area contributed by atoms with Gasteiger partial charge >= 0.3 is 0 Å². The zero-order valence-corrected chi connectivity index (χ0v) is 16.8. The van der Waals surface area contributed by atoms with Crippen LogP contribution in [0.3, 0.4) is 0 Å². The molecule has 30 heavy (non-hydrogen) atoms. The third-order valence-electron chi connectivity index (χ3n) is 5.07. The van der Waals surface area contributed by atoms with Crippen molar-refractivity contribution >= 4 is 34.4 Å². The molecule has 4 rings (SSSR count). The molecule has 0 unspecified atom stereocenters. The number of fused-ring (bicyclic) bond motifs is 2. The van der Waals surface area contributed by atoms with Gasteiger partial charge in [-0.1, -0.05) is 30.3 Å². The van der Waals surface area contributed by atoms with Gasteiger partial charge in [0.05, 0.1) is 19.3 Å². The number of methoxy groups -OCH3 is 1. The second kappa shape index (κ2) is 8.29. The van der Waals surface area contributed by atoms with Crippen LogP contribution in [-0.4, -0.2) is 38.6 Å². The molecular weight excluding hydrogens is 380 g/mol. The van der Waals surface area contributed by atoms with Crippen LogP contribution in [0.2, 0.25) is 0 Å². The molecular formula is C24H22N2O4. The van der Waals surface area contributed by atoms with E-state index in [2.05, 4.69) is 5.32 Å². The quantitative estimate of drug-likeness (QED) is 0.679. The van der Waals surface area contributed by atoms with E-state index in [0.29, 0.717) is 11.4 Å². The van der Waals surface area contributed by atoms with Gasteiger partial charge < -0.3 is 19.7 Å². The maximum absolute atomic E-state index is 13.0. The monoisotopic (exact) mass is 402 g/mol. The van der Waals surface area contributed by atoms with Crippen molar-refractivity contribution < 1.29 is 19.1 Å². The van der Waals surface area contributed by atoms with Crippen LogP contribution in [0, 0.1) is 0 Å². The van der Waals surface area contributed by atoms with Crippen molar-refractivity contribution in [2.45, 2.75) is 6.10 Å². The highest BCUT2D eigenvalue weighted by atomic mass is 16.5. The van der Waals surface area contributed by atoms with Gasteiger partial charge in [0, 0.05) is 13.1 Å². The summed E-state index contributed by atoms with van der Waals surface area (Å²) in [6.07, 6.45) is 2.55. The van der Waals surface area contributed by atoms with Crippen molar-refractivity contribution in [2.24, 2.45) is 0 Å². The van der Waals surface area contributed by atoms with E-state index >= 15 is 0 Å².